The summed E-state index contributed by atoms with van der Waals surface area (Å²) in [5.74, 6) is 0.688. The van der Waals surface area contributed by atoms with Crippen LogP contribution in [0.1, 0.15) is 186 Å². The monoisotopic (exact) mass is 543 g/mol. The summed E-state index contributed by atoms with van der Waals surface area (Å²) in [6.07, 6.45) is 31.4. The Labute approximate surface area is 244 Å². The highest BCUT2D eigenvalue weighted by Gasteiger charge is 2.34. The minimum Gasteiger partial charge on any atom is -0.426 e. The van der Waals surface area contributed by atoms with Crippen molar-refractivity contribution in [2.45, 2.75) is 189 Å². The molecule has 2 nitrogen and oxygen atoms in total. The number of rotatable bonds is 26. The lowest BCUT2D eigenvalue weighted by Gasteiger charge is -2.27. The largest absolute Gasteiger partial charge is 0.426 e. The van der Waals surface area contributed by atoms with E-state index in [9.17, 15) is 4.79 Å². The van der Waals surface area contributed by atoms with Crippen LogP contribution in [0.5, 0.6) is 5.75 Å². The fourth-order valence-corrected chi connectivity index (χ4v) is 5.91. The van der Waals surface area contributed by atoms with Crippen molar-refractivity contribution >= 4 is 5.97 Å². The first kappa shape index (κ1) is 35.7. The SMILES string of the molecule is CCCCCCCCCCCCCCC(C)(CCCCCCCCCCCC)C(=O)Oc1cc(C)cc(C)c1. The zero-order chi connectivity index (χ0) is 28.6. The topological polar surface area (TPSA) is 26.3 Å². The fraction of sp³-hybridized carbons (Fsp3) is 0.811. The van der Waals surface area contributed by atoms with Crippen molar-refractivity contribution in [3.05, 3.63) is 29.3 Å². The Morgan fingerprint density at radius 3 is 1.18 bits per heavy atom. The van der Waals surface area contributed by atoms with Crippen LogP contribution in [0.15, 0.2) is 18.2 Å². The summed E-state index contributed by atoms with van der Waals surface area (Å²) in [5.41, 5.74) is 1.92. The molecule has 0 N–H and O–H groups in total. The number of aryl methyl sites for hydroxylation is 2. The van der Waals surface area contributed by atoms with Gasteiger partial charge in [-0.15, -0.1) is 0 Å². The minimum absolute atomic E-state index is 0.0218. The number of hydrogen-bond donors (Lipinski definition) is 0. The molecule has 0 aliphatic heterocycles. The van der Waals surface area contributed by atoms with E-state index < -0.39 is 0 Å². The molecule has 1 rings (SSSR count). The molecule has 0 saturated heterocycles. The van der Waals surface area contributed by atoms with Crippen molar-refractivity contribution in [3.8, 4) is 5.75 Å². The van der Waals surface area contributed by atoms with Gasteiger partial charge in [-0.1, -0.05) is 161 Å². The van der Waals surface area contributed by atoms with Crippen LogP contribution in [0.4, 0.5) is 0 Å². The third-order valence-corrected chi connectivity index (χ3v) is 8.56. The number of esters is 1. The van der Waals surface area contributed by atoms with Gasteiger partial charge in [-0.2, -0.15) is 0 Å². The molecule has 0 aliphatic carbocycles. The molecule has 2 heteroatoms. The average Bonchev–Trinajstić information content (AvgIpc) is 2.89. The van der Waals surface area contributed by atoms with E-state index in [-0.39, 0.29) is 11.4 Å². The fourth-order valence-electron chi connectivity index (χ4n) is 5.91. The molecule has 1 aromatic rings. The molecule has 0 amide bonds. The second-order valence-corrected chi connectivity index (χ2v) is 12.8. The van der Waals surface area contributed by atoms with Crippen molar-refractivity contribution in [1.29, 1.82) is 0 Å². The molecule has 1 atom stereocenters. The van der Waals surface area contributed by atoms with E-state index >= 15 is 0 Å². The predicted octanol–water partition coefficient (Wildman–Crippen LogP) is 12.6. The van der Waals surface area contributed by atoms with Gasteiger partial charge in [0.15, 0.2) is 0 Å². The number of hydrogen-bond acceptors (Lipinski definition) is 2. The second kappa shape index (κ2) is 23.4. The van der Waals surface area contributed by atoms with Crippen LogP contribution in [-0.2, 0) is 4.79 Å². The van der Waals surface area contributed by atoms with Gasteiger partial charge in [0.05, 0.1) is 5.41 Å². The maximum atomic E-state index is 13.5. The molecule has 0 spiro atoms. The van der Waals surface area contributed by atoms with E-state index in [2.05, 4.69) is 40.7 Å². The van der Waals surface area contributed by atoms with Crippen molar-refractivity contribution in [3.63, 3.8) is 0 Å². The van der Waals surface area contributed by atoms with E-state index in [0.717, 1.165) is 36.8 Å². The first-order chi connectivity index (χ1) is 18.9. The molecule has 226 valence electrons. The van der Waals surface area contributed by atoms with Gasteiger partial charge < -0.3 is 4.74 Å². The van der Waals surface area contributed by atoms with E-state index in [1.54, 1.807) is 0 Å². The Morgan fingerprint density at radius 1 is 0.538 bits per heavy atom. The lowest BCUT2D eigenvalue weighted by molar-refractivity contribution is -0.146. The molecule has 0 fully saturated rings. The second-order valence-electron chi connectivity index (χ2n) is 12.8. The van der Waals surface area contributed by atoms with Crippen LogP contribution < -0.4 is 4.74 Å². The summed E-state index contributed by atoms with van der Waals surface area (Å²) in [6, 6.07) is 6.12. The summed E-state index contributed by atoms with van der Waals surface area (Å²) >= 11 is 0. The summed E-state index contributed by atoms with van der Waals surface area (Å²) in [5, 5.41) is 0. The Kier molecular flexibility index (Phi) is 21.4. The van der Waals surface area contributed by atoms with Crippen LogP contribution in [-0.4, -0.2) is 5.97 Å². The lowest BCUT2D eigenvalue weighted by Crippen LogP contribution is -2.32. The number of carbonyl (C=O) groups is 1. The van der Waals surface area contributed by atoms with Gasteiger partial charge in [-0.05, 0) is 56.9 Å². The number of unbranched alkanes of at least 4 members (excludes halogenated alkanes) is 20. The third kappa shape index (κ3) is 18.6. The summed E-state index contributed by atoms with van der Waals surface area (Å²) in [4.78, 5) is 13.5. The zero-order valence-corrected chi connectivity index (χ0v) is 27.0. The van der Waals surface area contributed by atoms with Crippen LogP contribution >= 0.6 is 0 Å². The maximum Gasteiger partial charge on any atom is 0.317 e. The number of carbonyl (C=O) groups excluding carboxylic acids is 1. The van der Waals surface area contributed by atoms with Gasteiger partial charge in [-0.25, -0.2) is 0 Å². The molecule has 1 unspecified atom stereocenters. The van der Waals surface area contributed by atoms with Gasteiger partial charge in [0.1, 0.15) is 5.75 Å². The molecular formula is C37H66O2. The highest BCUT2D eigenvalue weighted by molar-refractivity contribution is 5.78. The van der Waals surface area contributed by atoms with E-state index in [1.165, 1.54) is 128 Å². The lowest BCUT2D eigenvalue weighted by atomic mass is 9.79. The predicted molar refractivity (Wildman–Crippen MR) is 172 cm³/mol. The molecule has 0 heterocycles. The van der Waals surface area contributed by atoms with Gasteiger partial charge in [-0.3, -0.25) is 4.79 Å². The normalized spacial score (nSPS) is 12.9. The van der Waals surface area contributed by atoms with Crippen LogP contribution in [0, 0.1) is 19.3 Å². The average molecular weight is 543 g/mol. The highest BCUT2D eigenvalue weighted by atomic mass is 16.5. The molecular weight excluding hydrogens is 476 g/mol. The van der Waals surface area contributed by atoms with Crippen molar-refractivity contribution in [1.82, 2.24) is 0 Å². The molecule has 0 radical (unpaired) electrons. The Morgan fingerprint density at radius 2 is 0.846 bits per heavy atom. The van der Waals surface area contributed by atoms with Crippen molar-refractivity contribution in [2.75, 3.05) is 0 Å². The highest BCUT2D eigenvalue weighted by Crippen LogP contribution is 2.34. The van der Waals surface area contributed by atoms with Crippen molar-refractivity contribution < 1.29 is 9.53 Å². The van der Waals surface area contributed by atoms with Gasteiger partial charge in [0.25, 0.3) is 0 Å². The maximum absolute atomic E-state index is 13.5. The van der Waals surface area contributed by atoms with Gasteiger partial charge in [0, 0.05) is 0 Å². The zero-order valence-electron chi connectivity index (χ0n) is 27.0. The smallest absolute Gasteiger partial charge is 0.317 e. The minimum atomic E-state index is -0.379. The standard InChI is InChI=1S/C37H66O2/c1-6-8-10-12-14-16-18-19-21-23-25-27-29-37(5,28-26-24-22-20-17-15-13-11-9-7-2)36(38)39-35-31-33(3)30-34(4)32-35/h30-32H,6-29H2,1-5H3. The van der Waals surface area contributed by atoms with Gasteiger partial charge in [0.2, 0.25) is 0 Å². The Bertz CT molecular complexity index is 704. The first-order valence-electron chi connectivity index (χ1n) is 17.2. The summed E-state index contributed by atoms with van der Waals surface area (Å²) < 4.78 is 6.00. The van der Waals surface area contributed by atoms with E-state index in [1.807, 2.05) is 12.1 Å². The van der Waals surface area contributed by atoms with Crippen molar-refractivity contribution in [2.24, 2.45) is 5.41 Å². The first-order valence-corrected chi connectivity index (χ1v) is 17.2. The molecule has 1 aromatic carbocycles. The summed E-state index contributed by atoms with van der Waals surface area (Å²) in [6.45, 7) is 10.9. The van der Waals surface area contributed by atoms with Crippen LogP contribution in [0.3, 0.4) is 0 Å². The number of benzene rings is 1. The molecule has 0 saturated carbocycles. The van der Waals surface area contributed by atoms with Crippen LogP contribution in [0.2, 0.25) is 0 Å². The Balaban J connectivity index is 2.40. The Hall–Kier alpha value is -1.31. The molecule has 0 aromatic heterocycles. The third-order valence-electron chi connectivity index (χ3n) is 8.56. The van der Waals surface area contributed by atoms with Gasteiger partial charge >= 0.3 is 5.97 Å². The number of ether oxygens (including phenoxy) is 1. The van der Waals surface area contributed by atoms with Crippen LogP contribution in [0.25, 0.3) is 0 Å². The van der Waals surface area contributed by atoms with E-state index in [4.69, 9.17) is 4.74 Å². The summed E-state index contributed by atoms with van der Waals surface area (Å²) in [7, 11) is 0. The molecule has 39 heavy (non-hydrogen) atoms. The quantitative estimate of drug-likeness (QED) is 0.0661. The molecule has 0 bridgehead atoms. The molecule has 0 aliphatic rings. The van der Waals surface area contributed by atoms with E-state index in [0.29, 0.717) is 5.75 Å².